The van der Waals surface area contributed by atoms with Crippen LogP contribution in [0.4, 0.5) is 0 Å². The van der Waals surface area contributed by atoms with Crippen molar-refractivity contribution in [1.29, 1.82) is 0 Å². The Morgan fingerprint density at radius 2 is 0.781 bits per heavy atom. The van der Waals surface area contributed by atoms with Crippen LogP contribution in [0.3, 0.4) is 0 Å². The molecule has 0 spiro atoms. The summed E-state index contributed by atoms with van der Waals surface area (Å²) in [5.74, 6) is 0. The van der Waals surface area contributed by atoms with Gasteiger partial charge in [0.05, 0.1) is 0 Å². The van der Waals surface area contributed by atoms with Crippen molar-refractivity contribution in [2.75, 3.05) is 0 Å². The van der Waals surface area contributed by atoms with Crippen molar-refractivity contribution >= 4 is 0 Å². The van der Waals surface area contributed by atoms with E-state index in [0.29, 0.717) is 0 Å². The fourth-order valence-corrected chi connectivity index (χ4v) is 4.78. The van der Waals surface area contributed by atoms with E-state index in [1.54, 1.807) is 11.1 Å². The fraction of sp³-hybridized carbons (Fsp3) is 0.839. The minimum atomic E-state index is 1.21. The summed E-state index contributed by atoms with van der Waals surface area (Å²) in [7, 11) is 0. The molecule has 0 saturated carbocycles. The molecule has 0 radical (unpaired) electrons. The van der Waals surface area contributed by atoms with Crippen molar-refractivity contribution < 1.29 is 4.57 Å². The molecule has 0 saturated heterocycles. The quantitative estimate of drug-likeness (QED) is 0.117. The van der Waals surface area contributed by atoms with Crippen molar-refractivity contribution in [3.63, 3.8) is 0 Å². The van der Waals surface area contributed by atoms with Crippen LogP contribution in [-0.2, 0) is 19.4 Å². The standard InChI is InChI=1S/C31H58N/c1-4-7-10-11-12-13-14-15-16-17-18-19-20-21-22-23-26-32-28-30(24-8-5-2)27-31(29-32)25-9-6-3/h27-29H,4-26H2,1-3H3/q+1. The zero-order valence-corrected chi connectivity index (χ0v) is 22.4. The monoisotopic (exact) mass is 444 g/mol. The molecule has 1 rings (SSSR count). The minimum absolute atomic E-state index is 1.21. The van der Waals surface area contributed by atoms with Gasteiger partial charge in [-0.2, -0.15) is 0 Å². The van der Waals surface area contributed by atoms with Crippen molar-refractivity contribution in [2.45, 2.75) is 169 Å². The molecule has 186 valence electrons. The van der Waals surface area contributed by atoms with Gasteiger partial charge in [0.15, 0.2) is 12.4 Å². The Kier molecular flexibility index (Phi) is 20.0. The van der Waals surface area contributed by atoms with E-state index >= 15 is 0 Å². The van der Waals surface area contributed by atoms with Gasteiger partial charge in [-0.3, -0.25) is 0 Å². The second-order valence-electron chi connectivity index (χ2n) is 10.3. The zero-order valence-electron chi connectivity index (χ0n) is 22.4. The van der Waals surface area contributed by atoms with Crippen molar-refractivity contribution in [2.24, 2.45) is 0 Å². The summed E-state index contributed by atoms with van der Waals surface area (Å²) in [6.45, 7) is 8.10. The number of unbranched alkanes of at least 4 members (excludes halogenated alkanes) is 17. The predicted molar refractivity (Wildman–Crippen MR) is 143 cm³/mol. The van der Waals surface area contributed by atoms with E-state index in [0.717, 1.165) is 0 Å². The van der Waals surface area contributed by atoms with E-state index in [1.807, 2.05) is 0 Å². The summed E-state index contributed by atoms with van der Waals surface area (Å²) in [4.78, 5) is 0. The van der Waals surface area contributed by atoms with Gasteiger partial charge < -0.3 is 0 Å². The van der Waals surface area contributed by atoms with E-state index in [2.05, 4.69) is 43.8 Å². The molecule has 32 heavy (non-hydrogen) atoms. The molecule has 0 fully saturated rings. The van der Waals surface area contributed by atoms with Crippen LogP contribution in [0.1, 0.15) is 160 Å². The molecule has 1 nitrogen and oxygen atoms in total. The van der Waals surface area contributed by atoms with E-state index < -0.39 is 0 Å². The van der Waals surface area contributed by atoms with Crippen LogP contribution in [0.25, 0.3) is 0 Å². The summed E-state index contributed by atoms with van der Waals surface area (Å²) < 4.78 is 2.50. The molecule has 0 N–H and O–H groups in total. The first-order chi connectivity index (χ1) is 15.8. The highest BCUT2D eigenvalue weighted by atomic mass is 14.9. The lowest BCUT2D eigenvalue weighted by Gasteiger charge is -2.06. The molecule has 1 heteroatoms. The lowest BCUT2D eigenvalue weighted by atomic mass is 10.0. The van der Waals surface area contributed by atoms with Gasteiger partial charge in [-0.15, -0.1) is 0 Å². The number of aryl methyl sites for hydroxylation is 3. The van der Waals surface area contributed by atoms with Crippen LogP contribution in [0, 0.1) is 0 Å². The summed E-state index contributed by atoms with van der Waals surface area (Å²) in [6.07, 6.45) is 35.7. The van der Waals surface area contributed by atoms with E-state index in [9.17, 15) is 0 Å². The number of hydrogen-bond acceptors (Lipinski definition) is 0. The van der Waals surface area contributed by atoms with Gasteiger partial charge >= 0.3 is 0 Å². The van der Waals surface area contributed by atoms with Crippen molar-refractivity contribution in [3.05, 3.63) is 29.6 Å². The summed E-state index contributed by atoms with van der Waals surface area (Å²) in [6, 6.07) is 2.47. The Morgan fingerprint density at radius 1 is 0.438 bits per heavy atom. The van der Waals surface area contributed by atoms with Gasteiger partial charge in [-0.05, 0) is 38.2 Å². The van der Waals surface area contributed by atoms with Gasteiger partial charge in [0.25, 0.3) is 0 Å². The molecule has 0 aliphatic rings. The second kappa shape index (κ2) is 22.0. The summed E-state index contributed by atoms with van der Waals surface area (Å²) in [5, 5.41) is 0. The number of hydrogen-bond donors (Lipinski definition) is 0. The molecule has 1 heterocycles. The summed E-state index contributed by atoms with van der Waals surface area (Å²) >= 11 is 0. The molecule has 0 atom stereocenters. The topological polar surface area (TPSA) is 3.88 Å². The fourth-order valence-electron chi connectivity index (χ4n) is 4.78. The number of rotatable bonds is 23. The first-order valence-electron chi connectivity index (χ1n) is 14.8. The van der Waals surface area contributed by atoms with Crippen LogP contribution >= 0.6 is 0 Å². The number of aromatic nitrogens is 1. The third-order valence-electron chi connectivity index (χ3n) is 6.94. The van der Waals surface area contributed by atoms with E-state index in [-0.39, 0.29) is 0 Å². The molecule has 0 aliphatic carbocycles. The molecular weight excluding hydrogens is 386 g/mol. The maximum absolute atomic E-state index is 2.50. The zero-order chi connectivity index (χ0) is 23.1. The molecule has 1 aromatic heterocycles. The maximum Gasteiger partial charge on any atom is 0.171 e. The molecule has 0 bridgehead atoms. The van der Waals surface area contributed by atoms with E-state index in [4.69, 9.17) is 0 Å². The Bertz CT molecular complexity index is 495. The highest BCUT2D eigenvalue weighted by Crippen LogP contribution is 2.14. The SMILES string of the molecule is CCCCCCCCCCCCCCCCCC[n+]1cc(CCCC)cc(CCCC)c1. The smallest absolute Gasteiger partial charge is 0.171 e. The number of nitrogens with zero attached hydrogens (tertiary/aromatic N) is 1. The molecule has 0 unspecified atom stereocenters. The Balaban J connectivity index is 2.03. The minimum Gasteiger partial charge on any atom is -0.205 e. The second-order valence-corrected chi connectivity index (χ2v) is 10.3. The van der Waals surface area contributed by atoms with Gasteiger partial charge in [0.1, 0.15) is 6.54 Å². The molecule has 0 amide bonds. The highest BCUT2D eigenvalue weighted by Gasteiger charge is 2.08. The van der Waals surface area contributed by atoms with Crippen LogP contribution in [-0.4, -0.2) is 0 Å². The Labute approximate surface area is 202 Å². The average molecular weight is 445 g/mol. The van der Waals surface area contributed by atoms with Gasteiger partial charge in [-0.25, -0.2) is 4.57 Å². The molecule has 0 aliphatic heterocycles. The molecule has 1 aromatic rings. The third kappa shape index (κ3) is 16.7. The largest absolute Gasteiger partial charge is 0.205 e. The number of pyridine rings is 1. The van der Waals surface area contributed by atoms with Gasteiger partial charge in [0, 0.05) is 17.5 Å². The summed E-state index contributed by atoms with van der Waals surface area (Å²) in [5.41, 5.74) is 3.11. The lowest BCUT2D eigenvalue weighted by molar-refractivity contribution is -0.698. The van der Waals surface area contributed by atoms with Crippen LogP contribution in [0.5, 0.6) is 0 Å². The Morgan fingerprint density at radius 3 is 1.16 bits per heavy atom. The average Bonchev–Trinajstić information content (AvgIpc) is 2.81. The van der Waals surface area contributed by atoms with Crippen LogP contribution < -0.4 is 4.57 Å². The van der Waals surface area contributed by atoms with Crippen LogP contribution in [0.2, 0.25) is 0 Å². The van der Waals surface area contributed by atoms with Crippen LogP contribution in [0.15, 0.2) is 18.5 Å². The maximum atomic E-state index is 2.50. The molecular formula is C31H58N+. The van der Waals surface area contributed by atoms with Gasteiger partial charge in [0.2, 0.25) is 0 Å². The normalized spacial score (nSPS) is 11.3. The lowest BCUT2D eigenvalue weighted by Crippen LogP contribution is -2.34. The Hall–Kier alpha value is -0.850. The van der Waals surface area contributed by atoms with E-state index in [1.165, 1.54) is 148 Å². The predicted octanol–water partition coefficient (Wildman–Crippen LogP) is 9.92. The highest BCUT2D eigenvalue weighted by molar-refractivity contribution is 5.15. The first-order valence-corrected chi connectivity index (χ1v) is 14.8. The molecule has 0 aromatic carbocycles. The first kappa shape index (κ1) is 29.2. The van der Waals surface area contributed by atoms with Crippen molar-refractivity contribution in [1.82, 2.24) is 0 Å². The van der Waals surface area contributed by atoms with Crippen molar-refractivity contribution in [3.8, 4) is 0 Å². The van der Waals surface area contributed by atoms with Gasteiger partial charge in [-0.1, -0.05) is 124 Å². The third-order valence-corrected chi connectivity index (χ3v) is 6.94.